The molecule has 0 spiro atoms. The summed E-state index contributed by atoms with van der Waals surface area (Å²) in [6.07, 6.45) is -3.19. The molecule has 0 amide bonds. The third kappa shape index (κ3) is 4.21. The molecule has 1 aliphatic heterocycles. The van der Waals surface area contributed by atoms with Gasteiger partial charge in [-0.15, -0.1) is 0 Å². The molecule has 0 radical (unpaired) electrons. The van der Waals surface area contributed by atoms with Crippen LogP contribution in [0, 0.1) is 0 Å². The minimum absolute atomic E-state index is 0.0515. The molecular formula is C20H16Cl3F3N2O3S. The Bertz CT molecular complexity index is 1210. The minimum Gasteiger partial charge on any atom is -0.374 e. The lowest BCUT2D eigenvalue weighted by Crippen LogP contribution is -2.42. The van der Waals surface area contributed by atoms with E-state index in [2.05, 4.69) is 9.88 Å². The molecule has 0 saturated heterocycles. The van der Waals surface area contributed by atoms with E-state index in [-0.39, 0.29) is 32.4 Å². The summed E-state index contributed by atoms with van der Waals surface area (Å²) >= 11 is 17.8. The lowest BCUT2D eigenvalue weighted by atomic mass is 9.86. The number of nitrogens with one attached hydrogen (secondary N) is 1. The molecule has 2 atom stereocenters. The fourth-order valence-corrected chi connectivity index (χ4v) is 5.38. The molecular weight excluding hydrogens is 512 g/mol. The summed E-state index contributed by atoms with van der Waals surface area (Å²) in [6, 6.07) is 6.81. The Hall–Kier alpha value is -1.52. The van der Waals surface area contributed by atoms with Gasteiger partial charge < -0.3 is 4.84 Å². The number of hydrogen-bond acceptors (Lipinski definition) is 4. The van der Waals surface area contributed by atoms with E-state index >= 15 is 0 Å². The number of oxime groups is 1. The highest BCUT2D eigenvalue weighted by atomic mass is 35.5. The van der Waals surface area contributed by atoms with Crippen LogP contribution in [-0.2, 0) is 26.9 Å². The molecule has 2 unspecified atom stereocenters. The number of halogens is 6. The van der Waals surface area contributed by atoms with Crippen molar-refractivity contribution in [2.75, 3.05) is 6.26 Å². The van der Waals surface area contributed by atoms with Crippen molar-refractivity contribution in [1.82, 2.24) is 4.72 Å². The Kier molecular flexibility index (Phi) is 5.95. The highest BCUT2D eigenvalue weighted by Gasteiger charge is 2.62. The van der Waals surface area contributed by atoms with E-state index in [4.69, 9.17) is 39.6 Å². The third-order valence-electron chi connectivity index (χ3n) is 5.55. The second-order valence-corrected chi connectivity index (χ2v) is 10.8. The number of benzene rings is 2. The first-order valence-electron chi connectivity index (χ1n) is 9.38. The van der Waals surface area contributed by atoms with Gasteiger partial charge in [0.1, 0.15) is 0 Å². The Labute approximate surface area is 197 Å². The highest BCUT2D eigenvalue weighted by Crippen LogP contribution is 2.50. The van der Waals surface area contributed by atoms with Crippen molar-refractivity contribution in [3.8, 4) is 0 Å². The van der Waals surface area contributed by atoms with Crippen LogP contribution in [0.25, 0.3) is 0 Å². The third-order valence-corrected chi connectivity index (χ3v) is 7.46. The number of aryl methyl sites for hydroxylation is 1. The van der Waals surface area contributed by atoms with Crippen LogP contribution in [-0.4, -0.2) is 26.6 Å². The van der Waals surface area contributed by atoms with Crippen LogP contribution in [0.3, 0.4) is 0 Å². The van der Waals surface area contributed by atoms with Crippen LogP contribution in [0.1, 0.15) is 41.1 Å². The summed E-state index contributed by atoms with van der Waals surface area (Å²) in [7, 11) is -3.40. The molecule has 0 bridgehead atoms. The van der Waals surface area contributed by atoms with Gasteiger partial charge in [0.15, 0.2) is 0 Å². The number of nitrogens with zero attached hydrogens (tertiary/aromatic N) is 1. The minimum atomic E-state index is -4.82. The molecule has 4 rings (SSSR count). The van der Waals surface area contributed by atoms with E-state index in [0.717, 1.165) is 29.5 Å². The van der Waals surface area contributed by atoms with Gasteiger partial charge >= 0.3 is 6.18 Å². The van der Waals surface area contributed by atoms with Gasteiger partial charge in [-0.05, 0) is 47.7 Å². The maximum atomic E-state index is 14.2. The van der Waals surface area contributed by atoms with Crippen LogP contribution in [0.15, 0.2) is 35.5 Å². The zero-order valence-corrected chi connectivity index (χ0v) is 19.5. The number of hydrogen-bond donors (Lipinski definition) is 1. The molecule has 5 nitrogen and oxygen atoms in total. The predicted octanol–water partition coefficient (Wildman–Crippen LogP) is 5.77. The van der Waals surface area contributed by atoms with Crippen molar-refractivity contribution in [2.24, 2.45) is 5.16 Å². The molecule has 2 aliphatic rings. The number of sulfonamides is 1. The van der Waals surface area contributed by atoms with E-state index in [1.165, 1.54) is 0 Å². The SMILES string of the molecule is CS(=O)(=O)NC1CCc2cc(C3=NOC(c4cc(Cl)c(Cl)c(Cl)c4)(C(F)(F)F)C3)ccc21. The van der Waals surface area contributed by atoms with Crippen LogP contribution in [0.5, 0.6) is 0 Å². The summed E-state index contributed by atoms with van der Waals surface area (Å²) in [6.45, 7) is 0. The topological polar surface area (TPSA) is 67.8 Å². The monoisotopic (exact) mass is 526 g/mol. The van der Waals surface area contributed by atoms with E-state index in [0.29, 0.717) is 18.4 Å². The van der Waals surface area contributed by atoms with Gasteiger partial charge in [-0.1, -0.05) is 52.1 Å². The van der Waals surface area contributed by atoms with Gasteiger partial charge in [0, 0.05) is 18.0 Å². The lowest BCUT2D eigenvalue weighted by molar-refractivity contribution is -0.275. The highest BCUT2D eigenvalue weighted by molar-refractivity contribution is 7.88. The van der Waals surface area contributed by atoms with Crippen molar-refractivity contribution in [3.05, 3.63) is 67.7 Å². The molecule has 12 heteroatoms. The Balaban J connectivity index is 1.67. The van der Waals surface area contributed by atoms with E-state index < -0.39 is 28.2 Å². The fraction of sp³-hybridized carbons (Fsp3) is 0.350. The lowest BCUT2D eigenvalue weighted by Gasteiger charge is -2.30. The molecule has 32 heavy (non-hydrogen) atoms. The average molecular weight is 528 g/mol. The van der Waals surface area contributed by atoms with E-state index in [1.807, 2.05) is 0 Å². The number of rotatable bonds is 4. The molecule has 2 aromatic rings. The van der Waals surface area contributed by atoms with Crippen LogP contribution >= 0.6 is 34.8 Å². The summed E-state index contributed by atoms with van der Waals surface area (Å²) < 4.78 is 68.3. The van der Waals surface area contributed by atoms with Crippen molar-refractivity contribution < 1.29 is 26.4 Å². The first-order valence-corrected chi connectivity index (χ1v) is 12.4. The van der Waals surface area contributed by atoms with Gasteiger partial charge in [0.2, 0.25) is 10.0 Å². The number of fused-ring (bicyclic) bond motifs is 1. The van der Waals surface area contributed by atoms with Gasteiger partial charge in [0.05, 0.1) is 27.0 Å². The van der Waals surface area contributed by atoms with Crippen molar-refractivity contribution in [1.29, 1.82) is 0 Å². The van der Waals surface area contributed by atoms with Gasteiger partial charge in [-0.25, -0.2) is 13.1 Å². The fourth-order valence-electron chi connectivity index (χ4n) is 4.03. The maximum absolute atomic E-state index is 14.2. The molecule has 0 fully saturated rings. The van der Waals surface area contributed by atoms with Gasteiger partial charge in [0.25, 0.3) is 5.60 Å². The molecule has 0 aromatic heterocycles. The zero-order valence-electron chi connectivity index (χ0n) is 16.4. The molecule has 2 aromatic carbocycles. The molecule has 1 heterocycles. The average Bonchev–Trinajstić information content (AvgIpc) is 3.29. The van der Waals surface area contributed by atoms with E-state index in [9.17, 15) is 21.6 Å². The summed E-state index contributed by atoms with van der Waals surface area (Å²) in [5.74, 6) is 0. The Morgan fingerprint density at radius 2 is 1.81 bits per heavy atom. The van der Waals surface area contributed by atoms with Crippen molar-refractivity contribution in [2.45, 2.75) is 37.1 Å². The Morgan fingerprint density at radius 1 is 1.16 bits per heavy atom. The van der Waals surface area contributed by atoms with Gasteiger partial charge in [-0.2, -0.15) is 13.2 Å². The zero-order chi connectivity index (χ0) is 23.5. The second kappa shape index (κ2) is 8.06. The Morgan fingerprint density at radius 3 is 2.41 bits per heavy atom. The largest absolute Gasteiger partial charge is 0.435 e. The quantitative estimate of drug-likeness (QED) is 0.514. The predicted molar refractivity (Wildman–Crippen MR) is 117 cm³/mol. The first kappa shape index (κ1) is 23.6. The normalized spacial score (nSPS) is 23.1. The van der Waals surface area contributed by atoms with Crippen LogP contribution < -0.4 is 4.72 Å². The van der Waals surface area contributed by atoms with Gasteiger partial charge in [-0.3, -0.25) is 0 Å². The molecule has 0 saturated carbocycles. The van der Waals surface area contributed by atoms with Crippen LogP contribution in [0.2, 0.25) is 15.1 Å². The second-order valence-electron chi connectivity index (χ2n) is 7.78. The molecule has 172 valence electrons. The summed E-state index contributed by atoms with van der Waals surface area (Å²) in [5.41, 5.74) is -0.875. The number of alkyl halides is 3. The molecule has 1 aliphatic carbocycles. The van der Waals surface area contributed by atoms with Crippen molar-refractivity contribution in [3.63, 3.8) is 0 Å². The molecule has 1 N–H and O–H groups in total. The van der Waals surface area contributed by atoms with Crippen molar-refractivity contribution >= 4 is 50.5 Å². The summed E-state index contributed by atoms with van der Waals surface area (Å²) in [5, 5.41) is 3.45. The van der Waals surface area contributed by atoms with Crippen LogP contribution in [0.4, 0.5) is 13.2 Å². The maximum Gasteiger partial charge on any atom is 0.435 e. The van der Waals surface area contributed by atoms with E-state index in [1.54, 1.807) is 18.2 Å². The summed E-state index contributed by atoms with van der Waals surface area (Å²) in [4.78, 5) is 5.03. The standard InChI is InChI=1S/C20H16Cl3F3N2O3S/c1-32(29,30)28-16-5-3-10-6-11(2-4-13(10)16)17-9-19(31-27-17,20(24,25)26)12-7-14(21)18(23)15(22)8-12/h2,4,6-8,16,28H,3,5,9H2,1H3. The first-order chi connectivity index (χ1) is 14.8. The smallest absolute Gasteiger partial charge is 0.374 e.